The molecule has 1 aromatic rings. The molecule has 6 nitrogen and oxygen atoms in total. The number of nitrogens with one attached hydrogen (secondary N) is 2. The van der Waals surface area contributed by atoms with Gasteiger partial charge in [-0.15, -0.1) is 0 Å². The molecule has 1 aromatic heterocycles. The first-order valence-corrected chi connectivity index (χ1v) is 5.69. The fourth-order valence-corrected chi connectivity index (χ4v) is 1.53. The highest BCUT2D eigenvalue weighted by Crippen LogP contribution is 2.07. The van der Waals surface area contributed by atoms with E-state index in [0.29, 0.717) is 13.0 Å². The summed E-state index contributed by atoms with van der Waals surface area (Å²) in [5.41, 5.74) is -0.777. The van der Waals surface area contributed by atoms with Crippen molar-refractivity contribution < 1.29 is 19.1 Å². The first-order chi connectivity index (χ1) is 8.39. The van der Waals surface area contributed by atoms with Gasteiger partial charge in [-0.05, 0) is 26.0 Å². The standard InChI is InChI=1S/C12H18N2O4/c1-12(2,8-10(15)16)14-11(17)13-6-5-9-4-3-7-18-9/h3-4,7H,5-6,8H2,1-2H3,(H,15,16)(H2,13,14,17). The van der Waals surface area contributed by atoms with Gasteiger partial charge < -0.3 is 20.2 Å². The van der Waals surface area contributed by atoms with Crippen molar-refractivity contribution in [3.63, 3.8) is 0 Å². The van der Waals surface area contributed by atoms with Crippen LogP contribution < -0.4 is 10.6 Å². The van der Waals surface area contributed by atoms with Crippen LogP contribution in [0.4, 0.5) is 4.79 Å². The smallest absolute Gasteiger partial charge is 0.315 e. The summed E-state index contributed by atoms with van der Waals surface area (Å²) in [6, 6.07) is 3.23. The number of amides is 2. The summed E-state index contributed by atoms with van der Waals surface area (Å²) in [6.45, 7) is 3.75. The number of carboxylic acid groups (broad SMARTS) is 1. The maximum absolute atomic E-state index is 11.5. The van der Waals surface area contributed by atoms with E-state index in [1.165, 1.54) is 0 Å². The average Bonchev–Trinajstić information content (AvgIpc) is 2.66. The molecule has 2 amide bonds. The van der Waals surface area contributed by atoms with E-state index in [-0.39, 0.29) is 12.5 Å². The fourth-order valence-electron chi connectivity index (χ4n) is 1.53. The monoisotopic (exact) mass is 254 g/mol. The van der Waals surface area contributed by atoms with Gasteiger partial charge in [-0.2, -0.15) is 0 Å². The molecule has 100 valence electrons. The van der Waals surface area contributed by atoms with Crippen molar-refractivity contribution >= 4 is 12.0 Å². The van der Waals surface area contributed by atoms with Gasteiger partial charge in [0.05, 0.1) is 12.7 Å². The Labute approximate surface area is 105 Å². The van der Waals surface area contributed by atoms with Gasteiger partial charge in [0.2, 0.25) is 0 Å². The molecule has 0 aliphatic carbocycles. The summed E-state index contributed by atoms with van der Waals surface area (Å²) in [7, 11) is 0. The van der Waals surface area contributed by atoms with E-state index in [9.17, 15) is 9.59 Å². The van der Waals surface area contributed by atoms with Crippen molar-refractivity contribution in [3.05, 3.63) is 24.2 Å². The number of urea groups is 1. The predicted molar refractivity (Wildman–Crippen MR) is 65.3 cm³/mol. The maximum atomic E-state index is 11.5. The summed E-state index contributed by atoms with van der Waals surface area (Å²) in [4.78, 5) is 22.1. The second kappa shape index (κ2) is 6.09. The minimum absolute atomic E-state index is 0.126. The minimum Gasteiger partial charge on any atom is -0.481 e. The van der Waals surface area contributed by atoms with Crippen LogP contribution in [0.2, 0.25) is 0 Å². The third-order valence-corrected chi connectivity index (χ3v) is 2.28. The second-order valence-electron chi connectivity index (χ2n) is 4.66. The molecule has 0 unspecified atom stereocenters. The highest BCUT2D eigenvalue weighted by atomic mass is 16.4. The summed E-state index contributed by atoms with van der Waals surface area (Å²) in [5, 5.41) is 13.9. The molecule has 1 heterocycles. The van der Waals surface area contributed by atoms with Crippen LogP contribution in [0.15, 0.2) is 22.8 Å². The van der Waals surface area contributed by atoms with Crippen molar-refractivity contribution in [3.8, 4) is 0 Å². The van der Waals surface area contributed by atoms with Gasteiger partial charge in [-0.25, -0.2) is 4.79 Å². The summed E-state index contributed by atoms with van der Waals surface area (Å²) < 4.78 is 5.12. The Morgan fingerprint density at radius 2 is 2.17 bits per heavy atom. The normalized spacial score (nSPS) is 11.0. The zero-order valence-corrected chi connectivity index (χ0v) is 10.5. The Balaban J connectivity index is 2.26. The van der Waals surface area contributed by atoms with E-state index in [4.69, 9.17) is 9.52 Å². The molecule has 0 spiro atoms. The van der Waals surface area contributed by atoms with Crippen molar-refractivity contribution in [2.24, 2.45) is 0 Å². The molecule has 0 saturated heterocycles. The highest BCUT2D eigenvalue weighted by Gasteiger charge is 2.23. The summed E-state index contributed by atoms with van der Waals surface area (Å²) in [6.07, 6.45) is 2.05. The molecule has 0 atom stereocenters. The molecule has 0 radical (unpaired) electrons. The zero-order chi connectivity index (χ0) is 13.6. The first kappa shape index (κ1) is 14.1. The number of hydrogen-bond acceptors (Lipinski definition) is 3. The summed E-state index contributed by atoms with van der Waals surface area (Å²) >= 11 is 0. The molecule has 0 saturated carbocycles. The highest BCUT2D eigenvalue weighted by molar-refractivity contribution is 5.76. The van der Waals surface area contributed by atoms with Crippen LogP contribution in [0.25, 0.3) is 0 Å². The van der Waals surface area contributed by atoms with Crippen molar-refractivity contribution in [2.75, 3.05) is 6.54 Å². The lowest BCUT2D eigenvalue weighted by atomic mass is 10.0. The first-order valence-electron chi connectivity index (χ1n) is 5.69. The topological polar surface area (TPSA) is 91.6 Å². The van der Waals surface area contributed by atoms with Crippen molar-refractivity contribution in [1.82, 2.24) is 10.6 Å². The van der Waals surface area contributed by atoms with Crippen LogP contribution >= 0.6 is 0 Å². The van der Waals surface area contributed by atoms with Crippen LogP contribution in [0.5, 0.6) is 0 Å². The van der Waals surface area contributed by atoms with Crippen LogP contribution in [0.1, 0.15) is 26.0 Å². The third kappa shape index (κ3) is 5.38. The Morgan fingerprint density at radius 3 is 2.72 bits per heavy atom. The minimum atomic E-state index is -0.948. The SMILES string of the molecule is CC(C)(CC(=O)O)NC(=O)NCCc1ccco1. The quantitative estimate of drug-likeness (QED) is 0.715. The fraction of sp³-hybridized carbons (Fsp3) is 0.500. The molecule has 0 bridgehead atoms. The Kier molecular flexibility index (Phi) is 4.76. The summed E-state index contributed by atoms with van der Waals surface area (Å²) in [5.74, 6) is -0.156. The van der Waals surface area contributed by atoms with Gasteiger partial charge in [0.25, 0.3) is 0 Å². The molecular weight excluding hydrogens is 236 g/mol. The van der Waals surface area contributed by atoms with Gasteiger partial charge in [-0.1, -0.05) is 0 Å². The Hall–Kier alpha value is -1.98. The molecule has 0 aliphatic rings. The molecule has 3 N–H and O–H groups in total. The number of rotatable bonds is 6. The van der Waals surface area contributed by atoms with Crippen molar-refractivity contribution in [2.45, 2.75) is 32.2 Å². The van der Waals surface area contributed by atoms with Gasteiger partial charge in [-0.3, -0.25) is 4.79 Å². The van der Waals surface area contributed by atoms with Crippen molar-refractivity contribution in [1.29, 1.82) is 0 Å². The molecular formula is C12H18N2O4. The molecule has 18 heavy (non-hydrogen) atoms. The van der Waals surface area contributed by atoms with E-state index >= 15 is 0 Å². The van der Waals surface area contributed by atoms with E-state index in [2.05, 4.69) is 10.6 Å². The van der Waals surface area contributed by atoms with Gasteiger partial charge >= 0.3 is 12.0 Å². The lowest BCUT2D eigenvalue weighted by molar-refractivity contribution is -0.138. The number of carboxylic acids is 1. The number of furan rings is 1. The molecule has 6 heteroatoms. The predicted octanol–water partition coefficient (Wildman–Crippen LogP) is 1.37. The van der Waals surface area contributed by atoms with Crippen LogP contribution in [-0.2, 0) is 11.2 Å². The van der Waals surface area contributed by atoms with E-state index < -0.39 is 11.5 Å². The lowest BCUT2D eigenvalue weighted by Gasteiger charge is -2.24. The second-order valence-corrected chi connectivity index (χ2v) is 4.66. The van der Waals surface area contributed by atoms with E-state index in [1.54, 1.807) is 26.2 Å². The number of carbonyl (C=O) groups is 2. The number of aliphatic carboxylic acids is 1. The van der Waals surface area contributed by atoms with E-state index in [0.717, 1.165) is 5.76 Å². The Morgan fingerprint density at radius 1 is 1.44 bits per heavy atom. The lowest BCUT2D eigenvalue weighted by Crippen LogP contribution is -2.49. The molecule has 1 rings (SSSR count). The van der Waals surface area contributed by atoms with Crippen LogP contribution in [-0.4, -0.2) is 29.2 Å². The van der Waals surface area contributed by atoms with Crippen LogP contribution in [0, 0.1) is 0 Å². The molecule has 0 aromatic carbocycles. The number of carbonyl (C=O) groups excluding carboxylic acids is 1. The zero-order valence-electron chi connectivity index (χ0n) is 10.5. The third-order valence-electron chi connectivity index (χ3n) is 2.28. The largest absolute Gasteiger partial charge is 0.481 e. The average molecular weight is 254 g/mol. The molecule has 0 fully saturated rings. The molecule has 0 aliphatic heterocycles. The van der Waals surface area contributed by atoms with Gasteiger partial charge in [0.15, 0.2) is 0 Å². The van der Waals surface area contributed by atoms with Gasteiger partial charge in [0, 0.05) is 18.5 Å². The van der Waals surface area contributed by atoms with Crippen LogP contribution in [0.3, 0.4) is 0 Å². The van der Waals surface area contributed by atoms with E-state index in [1.807, 2.05) is 6.07 Å². The van der Waals surface area contributed by atoms with Gasteiger partial charge in [0.1, 0.15) is 5.76 Å². The Bertz CT molecular complexity index is 398. The number of hydrogen-bond donors (Lipinski definition) is 3. The maximum Gasteiger partial charge on any atom is 0.315 e.